The Hall–Kier alpha value is -2.02. The lowest BCUT2D eigenvalue weighted by molar-refractivity contribution is 0.210. The number of urea groups is 1. The van der Waals surface area contributed by atoms with Gasteiger partial charge in [0.05, 0.1) is 12.0 Å². The van der Waals surface area contributed by atoms with Crippen LogP contribution in [0.2, 0.25) is 0 Å². The van der Waals surface area contributed by atoms with Crippen LogP contribution in [0.15, 0.2) is 12.1 Å². The molecule has 0 fully saturated rings. The first-order valence-corrected chi connectivity index (χ1v) is 6.92. The van der Waals surface area contributed by atoms with Crippen molar-refractivity contribution >= 4 is 11.7 Å². The van der Waals surface area contributed by atoms with E-state index in [2.05, 4.69) is 23.5 Å². The lowest BCUT2D eigenvalue weighted by atomic mass is 10.1. The van der Waals surface area contributed by atoms with Gasteiger partial charge in [-0.05, 0) is 45.7 Å². The Labute approximate surface area is 121 Å². The van der Waals surface area contributed by atoms with Gasteiger partial charge in [-0.25, -0.2) is 4.79 Å². The third kappa shape index (κ3) is 3.99. The second-order valence-electron chi connectivity index (χ2n) is 5.27. The second-order valence-corrected chi connectivity index (χ2v) is 5.27. The number of amides is 2. The van der Waals surface area contributed by atoms with Crippen LogP contribution >= 0.6 is 0 Å². The number of carbonyl (C=O) groups is 1. The van der Waals surface area contributed by atoms with Crippen molar-refractivity contribution in [1.29, 1.82) is 5.26 Å². The van der Waals surface area contributed by atoms with Crippen LogP contribution in [0.25, 0.3) is 0 Å². The molecule has 0 saturated carbocycles. The normalized spacial score (nSPS) is 11.6. The highest BCUT2D eigenvalue weighted by molar-refractivity contribution is 5.91. The summed E-state index contributed by atoms with van der Waals surface area (Å²) >= 11 is 0. The van der Waals surface area contributed by atoms with Gasteiger partial charge in [0.15, 0.2) is 0 Å². The van der Waals surface area contributed by atoms with Crippen molar-refractivity contribution in [3.05, 3.63) is 28.8 Å². The van der Waals surface area contributed by atoms with Crippen LogP contribution in [0, 0.1) is 38.0 Å². The molecular formula is C16H23N3O. The molecule has 0 bridgehead atoms. The zero-order valence-corrected chi connectivity index (χ0v) is 12.9. The topological polar surface area (TPSA) is 56.1 Å². The summed E-state index contributed by atoms with van der Waals surface area (Å²) in [7, 11) is 0. The molecule has 0 aliphatic heterocycles. The highest BCUT2D eigenvalue weighted by Crippen LogP contribution is 2.22. The smallest absolute Gasteiger partial charge is 0.321 e. The number of nitrogens with zero attached hydrogens (tertiary/aromatic N) is 2. The summed E-state index contributed by atoms with van der Waals surface area (Å²) in [5.41, 5.74) is 4.16. The Bertz CT molecular complexity index is 508. The highest BCUT2D eigenvalue weighted by Gasteiger charge is 2.16. The number of hydrogen-bond donors (Lipinski definition) is 1. The number of nitriles is 1. The fourth-order valence-electron chi connectivity index (χ4n) is 2.29. The van der Waals surface area contributed by atoms with E-state index in [1.54, 1.807) is 4.90 Å². The Kier molecular flexibility index (Phi) is 5.57. The van der Waals surface area contributed by atoms with Gasteiger partial charge < -0.3 is 10.2 Å². The third-order valence-electron chi connectivity index (χ3n) is 3.29. The van der Waals surface area contributed by atoms with Gasteiger partial charge in [0.25, 0.3) is 0 Å². The maximum absolute atomic E-state index is 12.3. The molecule has 1 N–H and O–H groups in total. The summed E-state index contributed by atoms with van der Waals surface area (Å²) in [6, 6.07) is 6.11. The van der Waals surface area contributed by atoms with Crippen molar-refractivity contribution in [2.24, 2.45) is 5.92 Å². The number of aryl methyl sites for hydroxylation is 3. The van der Waals surface area contributed by atoms with Gasteiger partial charge in [0.2, 0.25) is 0 Å². The molecule has 1 aromatic carbocycles. The monoisotopic (exact) mass is 273 g/mol. The highest BCUT2D eigenvalue weighted by atomic mass is 16.2. The maximum Gasteiger partial charge on any atom is 0.321 e. The number of carbonyl (C=O) groups excluding carboxylic acids is 1. The Morgan fingerprint density at radius 3 is 2.35 bits per heavy atom. The number of benzene rings is 1. The first kappa shape index (κ1) is 16.0. The van der Waals surface area contributed by atoms with E-state index >= 15 is 0 Å². The van der Waals surface area contributed by atoms with E-state index in [4.69, 9.17) is 5.26 Å². The summed E-state index contributed by atoms with van der Waals surface area (Å²) in [6.07, 6.45) is 0. The van der Waals surface area contributed by atoms with Gasteiger partial charge in [-0.1, -0.05) is 17.7 Å². The molecule has 2 amide bonds. The molecule has 108 valence electrons. The predicted molar refractivity (Wildman–Crippen MR) is 81.7 cm³/mol. The lowest BCUT2D eigenvalue weighted by Crippen LogP contribution is -2.37. The van der Waals surface area contributed by atoms with E-state index in [9.17, 15) is 4.79 Å². The quantitative estimate of drug-likeness (QED) is 0.910. The van der Waals surface area contributed by atoms with E-state index in [1.807, 2.05) is 34.6 Å². The first-order valence-electron chi connectivity index (χ1n) is 6.92. The summed E-state index contributed by atoms with van der Waals surface area (Å²) in [5, 5.41) is 11.8. The van der Waals surface area contributed by atoms with Crippen molar-refractivity contribution in [1.82, 2.24) is 4.90 Å². The van der Waals surface area contributed by atoms with Crippen molar-refractivity contribution in [3.8, 4) is 6.07 Å². The van der Waals surface area contributed by atoms with Crippen LogP contribution in [0.3, 0.4) is 0 Å². The first-order chi connectivity index (χ1) is 9.38. The molecule has 0 aliphatic rings. The van der Waals surface area contributed by atoms with E-state index < -0.39 is 0 Å². The van der Waals surface area contributed by atoms with Gasteiger partial charge >= 0.3 is 6.03 Å². The zero-order valence-electron chi connectivity index (χ0n) is 12.9. The minimum Gasteiger partial charge on any atom is -0.324 e. The summed E-state index contributed by atoms with van der Waals surface area (Å²) in [6.45, 7) is 10.8. The lowest BCUT2D eigenvalue weighted by Gasteiger charge is -2.23. The SMILES string of the molecule is CCN(CC(C)C#N)C(=O)Nc1c(C)cc(C)cc1C. The summed E-state index contributed by atoms with van der Waals surface area (Å²) in [5.74, 6) is -0.166. The van der Waals surface area contributed by atoms with E-state index in [-0.39, 0.29) is 11.9 Å². The molecule has 0 spiro atoms. The van der Waals surface area contributed by atoms with Crippen molar-refractivity contribution in [2.45, 2.75) is 34.6 Å². The van der Waals surface area contributed by atoms with E-state index in [0.717, 1.165) is 16.8 Å². The van der Waals surface area contributed by atoms with Gasteiger partial charge in [0.1, 0.15) is 0 Å². The maximum atomic E-state index is 12.3. The fraction of sp³-hybridized carbons (Fsp3) is 0.500. The molecule has 0 saturated heterocycles. The van der Waals surface area contributed by atoms with Crippen LogP contribution in [0.4, 0.5) is 10.5 Å². The zero-order chi connectivity index (χ0) is 15.3. The molecule has 4 heteroatoms. The van der Waals surface area contributed by atoms with E-state index in [1.165, 1.54) is 5.56 Å². The van der Waals surface area contributed by atoms with E-state index in [0.29, 0.717) is 13.1 Å². The van der Waals surface area contributed by atoms with Crippen molar-refractivity contribution < 1.29 is 4.79 Å². The van der Waals surface area contributed by atoms with Crippen LogP contribution in [0.1, 0.15) is 30.5 Å². The van der Waals surface area contributed by atoms with Crippen molar-refractivity contribution in [3.63, 3.8) is 0 Å². The van der Waals surface area contributed by atoms with Crippen LogP contribution < -0.4 is 5.32 Å². The Morgan fingerprint density at radius 1 is 1.35 bits per heavy atom. The van der Waals surface area contributed by atoms with Crippen LogP contribution in [0.5, 0.6) is 0 Å². The van der Waals surface area contributed by atoms with Crippen LogP contribution in [-0.4, -0.2) is 24.0 Å². The van der Waals surface area contributed by atoms with Gasteiger partial charge in [-0.2, -0.15) is 5.26 Å². The summed E-state index contributed by atoms with van der Waals surface area (Å²) < 4.78 is 0. The number of hydrogen-bond acceptors (Lipinski definition) is 2. The molecule has 20 heavy (non-hydrogen) atoms. The molecular weight excluding hydrogens is 250 g/mol. The van der Waals surface area contributed by atoms with Crippen molar-refractivity contribution in [2.75, 3.05) is 18.4 Å². The van der Waals surface area contributed by atoms with Gasteiger partial charge in [-0.3, -0.25) is 0 Å². The largest absolute Gasteiger partial charge is 0.324 e. The molecule has 4 nitrogen and oxygen atoms in total. The fourth-order valence-corrected chi connectivity index (χ4v) is 2.29. The molecule has 0 heterocycles. The predicted octanol–water partition coefficient (Wildman–Crippen LogP) is 3.63. The van der Waals surface area contributed by atoms with Crippen LogP contribution in [-0.2, 0) is 0 Å². The number of rotatable bonds is 4. The van der Waals surface area contributed by atoms with Gasteiger partial charge in [-0.15, -0.1) is 0 Å². The molecule has 1 aromatic rings. The average Bonchev–Trinajstić information content (AvgIpc) is 2.39. The minimum atomic E-state index is -0.166. The molecule has 1 atom stereocenters. The standard InChI is InChI=1S/C16H23N3O/c1-6-19(10-12(3)9-17)16(20)18-15-13(4)7-11(2)8-14(15)5/h7-8,12H,6,10H2,1-5H3,(H,18,20). The molecule has 0 aromatic heterocycles. The number of anilines is 1. The Morgan fingerprint density at radius 2 is 1.90 bits per heavy atom. The number of nitrogens with one attached hydrogen (secondary N) is 1. The third-order valence-corrected chi connectivity index (χ3v) is 3.29. The molecule has 0 aliphatic carbocycles. The average molecular weight is 273 g/mol. The molecule has 1 unspecified atom stereocenters. The molecule has 0 radical (unpaired) electrons. The molecule has 1 rings (SSSR count). The minimum absolute atomic E-state index is 0.148. The second kappa shape index (κ2) is 6.95. The summed E-state index contributed by atoms with van der Waals surface area (Å²) in [4.78, 5) is 13.9. The van der Waals surface area contributed by atoms with Gasteiger partial charge in [0, 0.05) is 18.8 Å². The Balaban J connectivity index is 2.87.